The van der Waals surface area contributed by atoms with E-state index in [0.717, 1.165) is 0 Å². The number of nitro benzene ring substituents is 1. The van der Waals surface area contributed by atoms with Gasteiger partial charge in [0.15, 0.2) is 16.4 Å². The average Bonchev–Trinajstić information content (AvgIpc) is 2.59. The first kappa shape index (κ1) is 17.2. The standard InChI is InChI=1S/C16H16N2O6S/c1-11-3-2-4-13(18(19)20)16(11)25(21,22)17-10-12-5-6-14-15(9-12)24-8-7-23-14/h2-6,9,17H,7-8,10H2,1H3. The number of nitrogens with one attached hydrogen (secondary N) is 1. The molecule has 9 heteroatoms. The summed E-state index contributed by atoms with van der Waals surface area (Å²) in [5.41, 5.74) is 0.516. The minimum Gasteiger partial charge on any atom is -0.486 e. The third kappa shape index (κ3) is 3.57. The Morgan fingerprint density at radius 2 is 1.88 bits per heavy atom. The summed E-state index contributed by atoms with van der Waals surface area (Å²) in [5, 5.41) is 11.1. The molecule has 25 heavy (non-hydrogen) atoms. The molecule has 0 spiro atoms. The van der Waals surface area contributed by atoms with Crippen molar-refractivity contribution in [1.82, 2.24) is 4.72 Å². The molecule has 2 aromatic rings. The fourth-order valence-electron chi connectivity index (χ4n) is 2.58. The average molecular weight is 364 g/mol. The van der Waals surface area contributed by atoms with E-state index in [0.29, 0.717) is 35.8 Å². The molecule has 1 aliphatic heterocycles. The van der Waals surface area contributed by atoms with E-state index in [9.17, 15) is 18.5 Å². The highest BCUT2D eigenvalue weighted by Gasteiger charge is 2.27. The van der Waals surface area contributed by atoms with Gasteiger partial charge in [-0.25, -0.2) is 13.1 Å². The summed E-state index contributed by atoms with van der Waals surface area (Å²) in [6.07, 6.45) is 0. The highest BCUT2D eigenvalue weighted by atomic mass is 32.2. The van der Waals surface area contributed by atoms with Crippen molar-refractivity contribution in [3.63, 3.8) is 0 Å². The van der Waals surface area contributed by atoms with E-state index in [1.165, 1.54) is 25.1 Å². The van der Waals surface area contributed by atoms with Gasteiger partial charge in [-0.3, -0.25) is 10.1 Å². The molecule has 2 aromatic carbocycles. The minimum atomic E-state index is -4.05. The van der Waals surface area contributed by atoms with Crippen molar-refractivity contribution in [3.8, 4) is 11.5 Å². The number of fused-ring (bicyclic) bond motifs is 1. The second kappa shape index (κ2) is 6.69. The Balaban J connectivity index is 1.85. The van der Waals surface area contributed by atoms with Crippen LogP contribution in [0, 0.1) is 17.0 Å². The first-order valence-corrected chi connectivity index (χ1v) is 8.99. The van der Waals surface area contributed by atoms with Gasteiger partial charge in [0.2, 0.25) is 10.0 Å². The van der Waals surface area contributed by atoms with Crippen molar-refractivity contribution >= 4 is 15.7 Å². The summed E-state index contributed by atoms with van der Waals surface area (Å²) in [5.74, 6) is 1.15. The summed E-state index contributed by atoms with van der Waals surface area (Å²) in [4.78, 5) is 10.1. The molecule has 0 bridgehead atoms. The third-order valence-corrected chi connectivity index (χ3v) is 5.32. The Kier molecular flexibility index (Phi) is 4.60. The lowest BCUT2D eigenvalue weighted by Gasteiger charge is -2.19. The van der Waals surface area contributed by atoms with Crippen LogP contribution in [0.5, 0.6) is 11.5 Å². The molecule has 0 amide bonds. The van der Waals surface area contributed by atoms with Crippen molar-refractivity contribution in [2.75, 3.05) is 13.2 Å². The van der Waals surface area contributed by atoms with Crippen LogP contribution in [-0.2, 0) is 16.6 Å². The molecule has 1 aliphatic rings. The number of hydrogen-bond acceptors (Lipinski definition) is 6. The van der Waals surface area contributed by atoms with E-state index in [4.69, 9.17) is 9.47 Å². The first-order chi connectivity index (χ1) is 11.9. The fourth-order valence-corrected chi connectivity index (χ4v) is 3.99. The van der Waals surface area contributed by atoms with Gasteiger partial charge in [-0.2, -0.15) is 0 Å². The molecule has 1 heterocycles. The van der Waals surface area contributed by atoms with Gasteiger partial charge in [0.25, 0.3) is 5.69 Å². The molecule has 0 atom stereocenters. The highest BCUT2D eigenvalue weighted by Crippen LogP contribution is 2.31. The van der Waals surface area contributed by atoms with Gasteiger partial charge in [0, 0.05) is 12.6 Å². The monoisotopic (exact) mass is 364 g/mol. The largest absolute Gasteiger partial charge is 0.486 e. The predicted molar refractivity (Wildman–Crippen MR) is 89.3 cm³/mol. The summed E-state index contributed by atoms with van der Waals surface area (Å²) >= 11 is 0. The molecule has 3 rings (SSSR count). The molecule has 0 fully saturated rings. The van der Waals surface area contributed by atoms with Gasteiger partial charge in [0.1, 0.15) is 13.2 Å². The molecule has 0 saturated carbocycles. The van der Waals surface area contributed by atoms with Gasteiger partial charge < -0.3 is 9.47 Å². The smallest absolute Gasteiger partial charge is 0.289 e. The van der Waals surface area contributed by atoms with Crippen LogP contribution in [0.3, 0.4) is 0 Å². The van der Waals surface area contributed by atoms with Crippen molar-refractivity contribution < 1.29 is 22.8 Å². The van der Waals surface area contributed by atoms with Crippen LogP contribution < -0.4 is 14.2 Å². The molecule has 0 unspecified atom stereocenters. The Hall–Kier alpha value is -2.65. The highest BCUT2D eigenvalue weighted by molar-refractivity contribution is 7.89. The SMILES string of the molecule is Cc1cccc([N+](=O)[O-])c1S(=O)(=O)NCc1ccc2c(c1)OCCO2. The van der Waals surface area contributed by atoms with E-state index in [1.54, 1.807) is 18.2 Å². The number of aryl methyl sites for hydroxylation is 1. The van der Waals surface area contributed by atoms with Crippen molar-refractivity contribution in [1.29, 1.82) is 0 Å². The number of nitrogens with zero attached hydrogens (tertiary/aromatic N) is 1. The van der Waals surface area contributed by atoms with Crippen LogP contribution in [0.15, 0.2) is 41.3 Å². The van der Waals surface area contributed by atoms with Crippen LogP contribution in [0.1, 0.15) is 11.1 Å². The first-order valence-electron chi connectivity index (χ1n) is 7.51. The van der Waals surface area contributed by atoms with Crippen LogP contribution in [0.4, 0.5) is 5.69 Å². The topological polar surface area (TPSA) is 108 Å². The summed E-state index contributed by atoms with van der Waals surface area (Å²) in [6.45, 7) is 2.39. The number of rotatable bonds is 5. The normalized spacial score (nSPS) is 13.5. The van der Waals surface area contributed by atoms with E-state index >= 15 is 0 Å². The van der Waals surface area contributed by atoms with Crippen LogP contribution in [0.2, 0.25) is 0 Å². The Morgan fingerprint density at radius 1 is 1.16 bits per heavy atom. The van der Waals surface area contributed by atoms with Gasteiger partial charge in [-0.15, -0.1) is 0 Å². The summed E-state index contributed by atoms with van der Waals surface area (Å²) in [6, 6.07) is 9.24. The number of benzene rings is 2. The Bertz CT molecular complexity index is 926. The molecule has 1 N–H and O–H groups in total. The minimum absolute atomic E-state index is 0.0234. The van der Waals surface area contributed by atoms with Gasteiger partial charge >= 0.3 is 0 Å². The van der Waals surface area contributed by atoms with Crippen molar-refractivity contribution in [2.45, 2.75) is 18.4 Å². The molecular weight excluding hydrogens is 348 g/mol. The zero-order valence-electron chi connectivity index (χ0n) is 13.4. The van der Waals surface area contributed by atoms with E-state index in [2.05, 4.69) is 4.72 Å². The van der Waals surface area contributed by atoms with Crippen LogP contribution in [-0.4, -0.2) is 26.6 Å². The van der Waals surface area contributed by atoms with E-state index < -0.39 is 20.6 Å². The second-order valence-electron chi connectivity index (χ2n) is 5.48. The predicted octanol–water partition coefficient (Wildman–Crippen LogP) is 2.15. The van der Waals surface area contributed by atoms with E-state index in [1.807, 2.05) is 0 Å². The maximum atomic E-state index is 12.6. The van der Waals surface area contributed by atoms with Gasteiger partial charge in [-0.05, 0) is 30.2 Å². The Morgan fingerprint density at radius 3 is 2.60 bits per heavy atom. The van der Waals surface area contributed by atoms with Gasteiger partial charge in [0.05, 0.1) is 4.92 Å². The fraction of sp³-hybridized carbons (Fsp3) is 0.250. The van der Waals surface area contributed by atoms with Crippen LogP contribution in [0.25, 0.3) is 0 Å². The number of hydrogen-bond donors (Lipinski definition) is 1. The molecule has 0 radical (unpaired) electrons. The molecule has 0 aromatic heterocycles. The zero-order valence-corrected chi connectivity index (χ0v) is 14.2. The lowest BCUT2D eigenvalue weighted by molar-refractivity contribution is -0.387. The second-order valence-corrected chi connectivity index (χ2v) is 7.19. The van der Waals surface area contributed by atoms with Gasteiger partial charge in [-0.1, -0.05) is 18.2 Å². The van der Waals surface area contributed by atoms with Crippen LogP contribution >= 0.6 is 0 Å². The quantitative estimate of drug-likeness (QED) is 0.643. The lowest BCUT2D eigenvalue weighted by Crippen LogP contribution is -2.25. The third-order valence-electron chi connectivity index (χ3n) is 3.73. The number of sulfonamides is 1. The molecule has 8 nitrogen and oxygen atoms in total. The number of nitro groups is 1. The molecule has 0 saturated heterocycles. The molecule has 132 valence electrons. The summed E-state index contributed by atoms with van der Waals surface area (Å²) < 4.78 is 38.4. The lowest BCUT2D eigenvalue weighted by atomic mass is 10.2. The zero-order chi connectivity index (χ0) is 18.0. The maximum Gasteiger partial charge on any atom is 0.289 e. The molecule has 0 aliphatic carbocycles. The Labute approximate surface area is 144 Å². The maximum absolute atomic E-state index is 12.6. The van der Waals surface area contributed by atoms with Crippen molar-refractivity contribution in [3.05, 3.63) is 57.6 Å². The number of ether oxygens (including phenoxy) is 2. The van der Waals surface area contributed by atoms with E-state index in [-0.39, 0.29) is 11.4 Å². The molecular formula is C16H16N2O6S. The van der Waals surface area contributed by atoms with Crippen molar-refractivity contribution in [2.24, 2.45) is 0 Å². The summed E-state index contributed by atoms with van der Waals surface area (Å²) in [7, 11) is -4.05.